The number of aliphatic hydroxyl groups is 2. The molecule has 1 aliphatic carbocycles. The Kier molecular flexibility index (Phi) is 4.62. The lowest BCUT2D eigenvalue weighted by Crippen LogP contribution is -2.45. The number of hydrogen-bond donors (Lipinski definition) is 3. The number of amides is 1. The Hall–Kier alpha value is -1.59. The molecule has 1 aliphatic rings. The van der Waals surface area contributed by atoms with Crippen molar-refractivity contribution in [3.63, 3.8) is 0 Å². The summed E-state index contributed by atoms with van der Waals surface area (Å²) >= 11 is 0. The quantitative estimate of drug-likeness (QED) is 0.691. The minimum Gasteiger partial charge on any atom is -0.491 e. The Labute approximate surface area is 118 Å². The molecule has 20 heavy (non-hydrogen) atoms. The van der Waals surface area contributed by atoms with Gasteiger partial charge >= 0.3 is 0 Å². The van der Waals surface area contributed by atoms with Crippen LogP contribution in [0.5, 0.6) is 5.75 Å². The van der Waals surface area contributed by atoms with Crippen molar-refractivity contribution >= 4 is 5.91 Å². The van der Waals surface area contributed by atoms with Gasteiger partial charge < -0.3 is 20.3 Å². The predicted octanol–water partition coefficient (Wildman–Crippen LogP) is 0.835. The molecule has 1 amide bonds. The number of carbonyl (C=O) groups is 1. The lowest BCUT2D eigenvalue weighted by molar-refractivity contribution is -0.140. The Bertz CT molecular complexity index is 451. The number of ether oxygens (including phenoxy) is 1. The third kappa shape index (κ3) is 3.71. The van der Waals surface area contributed by atoms with E-state index in [1.165, 1.54) is 0 Å². The average molecular weight is 279 g/mol. The first-order chi connectivity index (χ1) is 9.54. The van der Waals surface area contributed by atoms with Gasteiger partial charge in [0.1, 0.15) is 18.0 Å². The molecule has 0 saturated heterocycles. The van der Waals surface area contributed by atoms with Gasteiger partial charge in [0.2, 0.25) is 0 Å². The van der Waals surface area contributed by atoms with Crippen molar-refractivity contribution in [2.24, 2.45) is 5.92 Å². The average Bonchev–Trinajstić information content (AvgIpc) is 3.28. The van der Waals surface area contributed by atoms with Crippen molar-refractivity contribution in [1.82, 2.24) is 5.32 Å². The normalized spacial score (nSPS) is 17.4. The molecule has 5 nitrogen and oxygen atoms in total. The molecular formula is C15H21NO4. The molecule has 0 spiro atoms. The van der Waals surface area contributed by atoms with Gasteiger partial charge in [-0.05, 0) is 43.4 Å². The van der Waals surface area contributed by atoms with E-state index in [9.17, 15) is 9.90 Å². The summed E-state index contributed by atoms with van der Waals surface area (Å²) in [6.45, 7) is 2.20. The summed E-state index contributed by atoms with van der Waals surface area (Å²) in [5.41, 5.74) is -0.328. The highest BCUT2D eigenvalue weighted by Gasteiger charge is 2.45. The second kappa shape index (κ2) is 6.24. The first kappa shape index (κ1) is 14.8. The number of aliphatic hydroxyl groups excluding tert-OH is 1. The van der Waals surface area contributed by atoms with Crippen molar-refractivity contribution in [3.8, 4) is 5.75 Å². The summed E-state index contributed by atoms with van der Waals surface area (Å²) < 4.78 is 5.25. The predicted molar refractivity (Wildman–Crippen MR) is 74.2 cm³/mol. The molecule has 1 aromatic rings. The second-order valence-corrected chi connectivity index (χ2v) is 5.32. The summed E-state index contributed by atoms with van der Waals surface area (Å²) in [5, 5.41) is 21.5. The molecule has 0 radical (unpaired) electrons. The van der Waals surface area contributed by atoms with Crippen molar-refractivity contribution < 1.29 is 19.7 Å². The summed E-state index contributed by atoms with van der Waals surface area (Å²) in [4.78, 5) is 11.9. The maximum absolute atomic E-state index is 11.9. The van der Waals surface area contributed by atoms with Crippen LogP contribution in [0, 0.1) is 5.92 Å². The van der Waals surface area contributed by atoms with E-state index in [-0.39, 0.29) is 25.0 Å². The Morgan fingerprint density at radius 3 is 2.60 bits per heavy atom. The van der Waals surface area contributed by atoms with Gasteiger partial charge in [-0.3, -0.25) is 4.79 Å². The van der Waals surface area contributed by atoms with Crippen LogP contribution in [-0.4, -0.2) is 34.9 Å². The van der Waals surface area contributed by atoms with Gasteiger partial charge in [0, 0.05) is 6.54 Å². The molecular weight excluding hydrogens is 258 g/mol. The molecule has 3 N–H and O–H groups in total. The molecule has 0 bridgehead atoms. The number of nitrogens with one attached hydrogen (secondary N) is 1. The van der Waals surface area contributed by atoms with Gasteiger partial charge in [-0.1, -0.05) is 12.1 Å². The van der Waals surface area contributed by atoms with Crippen LogP contribution in [0.15, 0.2) is 24.3 Å². The van der Waals surface area contributed by atoms with Gasteiger partial charge in [0.05, 0.1) is 6.61 Å². The highest BCUT2D eigenvalue weighted by molar-refractivity contribution is 5.85. The first-order valence-corrected chi connectivity index (χ1v) is 6.87. The van der Waals surface area contributed by atoms with Crippen molar-refractivity contribution in [2.75, 3.05) is 13.2 Å². The second-order valence-electron chi connectivity index (χ2n) is 5.32. The topological polar surface area (TPSA) is 78.8 Å². The third-order valence-corrected chi connectivity index (χ3v) is 3.57. The monoisotopic (exact) mass is 279 g/mol. The van der Waals surface area contributed by atoms with E-state index in [2.05, 4.69) is 5.32 Å². The number of rotatable bonds is 7. The molecule has 2 rings (SSSR count). The molecule has 0 aliphatic heterocycles. The zero-order valence-corrected chi connectivity index (χ0v) is 11.6. The van der Waals surface area contributed by atoms with Crippen molar-refractivity contribution in [1.29, 1.82) is 0 Å². The highest BCUT2D eigenvalue weighted by atomic mass is 16.5. The van der Waals surface area contributed by atoms with E-state index in [4.69, 9.17) is 9.84 Å². The zero-order valence-electron chi connectivity index (χ0n) is 11.6. The maximum Gasteiger partial charge on any atom is 0.252 e. The van der Waals surface area contributed by atoms with Gasteiger partial charge in [-0.25, -0.2) is 0 Å². The zero-order chi connectivity index (χ0) is 14.6. The Balaban J connectivity index is 1.83. The van der Waals surface area contributed by atoms with E-state index in [0.29, 0.717) is 12.3 Å². The molecule has 5 heteroatoms. The molecule has 1 fully saturated rings. The summed E-state index contributed by atoms with van der Waals surface area (Å²) in [6, 6.07) is 7.27. The van der Waals surface area contributed by atoms with Crippen LogP contribution in [0.3, 0.4) is 0 Å². The number of benzene rings is 1. The van der Waals surface area contributed by atoms with Crippen LogP contribution in [-0.2, 0) is 11.3 Å². The van der Waals surface area contributed by atoms with Crippen LogP contribution in [0.1, 0.15) is 25.3 Å². The van der Waals surface area contributed by atoms with Gasteiger partial charge in [-0.2, -0.15) is 0 Å². The highest BCUT2D eigenvalue weighted by Crippen LogP contribution is 2.39. The summed E-state index contributed by atoms with van der Waals surface area (Å²) in [6.07, 6.45) is 1.83. The fraction of sp³-hybridized carbons (Fsp3) is 0.533. The smallest absolute Gasteiger partial charge is 0.252 e. The van der Waals surface area contributed by atoms with Crippen molar-refractivity contribution in [2.45, 2.75) is 31.9 Å². The van der Waals surface area contributed by atoms with Crippen LogP contribution in [0.2, 0.25) is 0 Å². The summed E-state index contributed by atoms with van der Waals surface area (Å²) in [5.74, 6) is 0.455. The molecule has 0 aromatic heterocycles. The van der Waals surface area contributed by atoms with E-state index in [1.807, 2.05) is 12.1 Å². The molecule has 1 unspecified atom stereocenters. The minimum atomic E-state index is -1.26. The van der Waals surface area contributed by atoms with Crippen molar-refractivity contribution in [3.05, 3.63) is 29.8 Å². The molecule has 1 saturated carbocycles. The van der Waals surface area contributed by atoms with Gasteiger partial charge in [0.25, 0.3) is 5.91 Å². The van der Waals surface area contributed by atoms with Crippen LogP contribution >= 0.6 is 0 Å². The molecule has 1 aromatic carbocycles. The molecule has 110 valence electrons. The van der Waals surface area contributed by atoms with Crippen LogP contribution in [0.4, 0.5) is 0 Å². The fourth-order valence-electron chi connectivity index (χ4n) is 2.06. The maximum atomic E-state index is 11.9. The van der Waals surface area contributed by atoms with Gasteiger partial charge in [-0.15, -0.1) is 0 Å². The van der Waals surface area contributed by atoms with E-state index < -0.39 is 5.60 Å². The van der Waals surface area contributed by atoms with Crippen LogP contribution in [0.25, 0.3) is 0 Å². The van der Waals surface area contributed by atoms with Crippen LogP contribution < -0.4 is 10.1 Å². The Morgan fingerprint density at radius 2 is 2.05 bits per heavy atom. The largest absolute Gasteiger partial charge is 0.491 e. The third-order valence-electron chi connectivity index (χ3n) is 3.57. The lowest BCUT2D eigenvalue weighted by Gasteiger charge is -2.21. The number of carbonyl (C=O) groups excluding carboxylic acids is 1. The first-order valence-electron chi connectivity index (χ1n) is 6.87. The molecule has 0 heterocycles. The fourth-order valence-corrected chi connectivity index (χ4v) is 2.06. The standard InChI is InChI=1S/C15H21NO4/c1-15(19,12-4-5-12)14(18)16-10-11-2-6-13(7-3-11)20-9-8-17/h2-3,6-7,12,17,19H,4-5,8-10H2,1H3,(H,16,18). The lowest BCUT2D eigenvalue weighted by atomic mass is 9.99. The number of hydrogen-bond acceptors (Lipinski definition) is 4. The minimum absolute atomic E-state index is 0.0198. The van der Waals surface area contributed by atoms with E-state index in [1.54, 1.807) is 19.1 Å². The Morgan fingerprint density at radius 1 is 1.40 bits per heavy atom. The summed E-state index contributed by atoms with van der Waals surface area (Å²) in [7, 11) is 0. The van der Waals surface area contributed by atoms with E-state index in [0.717, 1.165) is 18.4 Å². The molecule has 1 atom stereocenters. The van der Waals surface area contributed by atoms with E-state index >= 15 is 0 Å². The van der Waals surface area contributed by atoms with Gasteiger partial charge in [0.15, 0.2) is 0 Å². The SMILES string of the molecule is CC(O)(C(=O)NCc1ccc(OCCO)cc1)C1CC1.